The highest BCUT2D eigenvalue weighted by atomic mass is 32.2. The largest absolute Gasteiger partial charge is 0.507 e. The van der Waals surface area contributed by atoms with Gasteiger partial charge in [-0.05, 0) is 29.8 Å². The summed E-state index contributed by atoms with van der Waals surface area (Å²) in [5.74, 6) is -0.0767. The summed E-state index contributed by atoms with van der Waals surface area (Å²) in [5, 5.41) is 24.3. The monoisotopic (exact) mass is 393 g/mol. The Kier molecular flexibility index (Phi) is 4.35. The molecule has 0 saturated carbocycles. The second-order valence-electron chi connectivity index (χ2n) is 6.55. The van der Waals surface area contributed by atoms with E-state index in [4.69, 9.17) is 0 Å². The van der Waals surface area contributed by atoms with Crippen LogP contribution in [0.3, 0.4) is 0 Å². The molecule has 0 spiro atoms. The van der Waals surface area contributed by atoms with E-state index in [1.165, 1.54) is 0 Å². The number of hydrogen-bond acceptors (Lipinski definition) is 4. The van der Waals surface area contributed by atoms with E-state index < -0.39 is 10.0 Å². The molecule has 0 atom stereocenters. The second kappa shape index (κ2) is 6.73. The van der Waals surface area contributed by atoms with Crippen molar-refractivity contribution in [2.24, 2.45) is 0 Å². The minimum absolute atomic E-state index is 0.00794. The van der Waals surface area contributed by atoms with Crippen LogP contribution in [0.15, 0.2) is 66.7 Å². The van der Waals surface area contributed by atoms with E-state index in [-0.39, 0.29) is 17.3 Å². The van der Waals surface area contributed by atoms with Crippen LogP contribution in [0.25, 0.3) is 32.7 Å². The van der Waals surface area contributed by atoms with Crippen molar-refractivity contribution in [3.63, 3.8) is 0 Å². The van der Waals surface area contributed by atoms with Gasteiger partial charge in [-0.1, -0.05) is 54.6 Å². The van der Waals surface area contributed by atoms with Crippen LogP contribution in [0.2, 0.25) is 0 Å². The van der Waals surface area contributed by atoms with E-state index in [2.05, 4.69) is 4.72 Å². The van der Waals surface area contributed by atoms with E-state index in [1.54, 1.807) is 49.4 Å². The second-order valence-corrected chi connectivity index (χ2v) is 8.56. The van der Waals surface area contributed by atoms with Crippen LogP contribution in [0.4, 0.5) is 5.69 Å². The third-order valence-electron chi connectivity index (χ3n) is 4.84. The van der Waals surface area contributed by atoms with Crippen LogP contribution in [0.1, 0.15) is 6.92 Å². The zero-order chi connectivity index (χ0) is 19.9. The number of hydrogen-bond donors (Lipinski definition) is 3. The Bertz CT molecular complexity index is 1310. The quantitative estimate of drug-likeness (QED) is 0.433. The average Bonchev–Trinajstić information content (AvgIpc) is 2.70. The maximum atomic E-state index is 12.2. The molecule has 6 heteroatoms. The summed E-state index contributed by atoms with van der Waals surface area (Å²) in [6.45, 7) is 1.56. The lowest BCUT2D eigenvalue weighted by atomic mass is 9.93. The number of sulfonamides is 1. The summed E-state index contributed by atoms with van der Waals surface area (Å²) in [5.41, 5.74) is 1.18. The molecule has 0 aliphatic heterocycles. The van der Waals surface area contributed by atoms with Gasteiger partial charge < -0.3 is 10.2 Å². The van der Waals surface area contributed by atoms with Crippen LogP contribution in [-0.2, 0) is 10.0 Å². The molecular weight excluding hydrogens is 374 g/mol. The zero-order valence-corrected chi connectivity index (χ0v) is 16.0. The van der Waals surface area contributed by atoms with Gasteiger partial charge in [0, 0.05) is 21.9 Å². The summed E-state index contributed by atoms with van der Waals surface area (Å²) in [4.78, 5) is 0. The number of aromatic hydroxyl groups is 2. The highest BCUT2D eigenvalue weighted by molar-refractivity contribution is 7.92. The Balaban J connectivity index is 2.09. The predicted molar refractivity (Wildman–Crippen MR) is 113 cm³/mol. The molecule has 4 rings (SSSR count). The van der Waals surface area contributed by atoms with Crippen molar-refractivity contribution in [3.8, 4) is 22.6 Å². The first kappa shape index (κ1) is 18.1. The van der Waals surface area contributed by atoms with Crippen molar-refractivity contribution in [1.82, 2.24) is 0 Å². The lowest BCUT2D eigenvalue weighted by molar-refractivity contribution is 0.472. The van der Waals surface area contributed by atoms with Gasteiger partial charge in [0.15, 0.2) is 0 Å². The zero-order valence-electron chi connectivity index (χ0n) is 15.2. The third kappa shape index (κ3) is 3.01. The lowest BCUT2D eigenvalue weighted by Gasteiger charge is -2.17. The van der Waals surface area contributed by atoms with Crippen LogP contribution in [-0.4, -0.2) is 24.4 Å². The van der Waals surface area contributed by atoms with Gasteiger partial charge in [0.2, 0.25) is 10.0 Å². The van der Waals surface area contributed by atoms with Gasteiger partial charge in [-0.15, -0.1) is 0 Å². The number of anilines is 1. The summed E-state index contributed by atoms with van der Waals surface area (Å²) in [7, 11) is -3.52. The first-order valence-electron chi connectivity index (χ1n) is 8.87. The van der Waals surface area contributed by atoms with E-state index in [9.17, 15) is 18.6 Å². The molecule has 0 aliphatic carbocycles. The van der Waals surface area contributed by atoms with E-state index in [1.807, 2.05) is 24.3 Å². The van der Waals surface area contributed by atoms with Crippen LogP contribution in [0, 0.1) is 0 Å². The fraction of sp³-hybridized carbons (Fsp3) is 0.0909. The maximum absolute atomic E-state index is 12.2. The number of benzene rings is 4. The first-order chi connectivity index (χ1) is 13.4. The fourth-order valence-electron chi connectivity index (χ4n) is 3.42. The van der Waals surface area contributed by atoms with Gasteiger partial charge in [0.05, 0.1) is 11.4 Å². The SMILES string of the molecule is CCS(=O)(=O)Nc1cc(-c2c(O)ccc3ccccc23)c(O)c2ccccc12. The molecule has 0 aliphatic rings. The molecule has 142 valence electrons. The minimum Gasteiger partial charge on any atom is -0.507 e. The van der Waals surface area contributed by atoms with Gasteiger partial charge in [0.25, 0.3) is 0 Å². The highest BCUT2D eigenvalue weighted by Gasteiger charge is 2.19. The molecule has 0 bridgehead atoms. The Morgan fingerprint density at radius 3 is 2.21 bits per heavy atom. The van der Waals surface area contributed by atoms with E-state index in [0.29, 0.717) is 27.6 Å². The smallest absolute Gasteiger partial charge is 0.232 e. The molecule has 4 aromatic rings. The first-order valence-corrected chi connectivity index (χ1v) is 10.5. The maximum Gasteiger partial charge on any atom is 0.232 e. The van der Waals surface area contributed by atoms with Crippen molar-refractivity contribution in [2.75, 3.05) is 10.5 Å². The van der Waals surface area contributed by atoms with E-state index >= 15 is 0 Å². The molecular formula is C22H19NO4S. The topological polar surface area (TPSA) is 86.6 Å². The van der Waals surface area contributed by atoms with Gasteiger partial charge in [0.1, 0.15) is 11.5 Å². The van der Waals surface area contributed by atoms with Gasteiger partial charge >= 0.3 is 0 Å². The molecule has 0 aromatic heterocycles. The number of phenolic OH excluding ortho intramolecular Hbond substituents is 2. The Morgan fingerprint density at radius 1 is 0.857 bits per heavy atom. The number of fused-ring (bicyclic) bond motifs is 2. The van der Waals surface area contributed by atoms with Crippen molar-refractivity contribution in [2.45, 2.75) is 6.92 Å². The molecule has 0 heterocycles. The summed E-state index contributed by atoms with van der Waals surface area (Å²) in [6, 6.07) is 19.5. The molecule has 28 heavy (non-hydrogen) atoms. The molecule has 3 N–H and O–H groups in total. The van der Waals surface area contributed by atoms with Crippen LogP contribution < -0.4 is 4.72 Å². The normalized spacial score (nSPS) is 11.8. The predicted octanol–water partition coefficient (Wildman–Crippen LogP) is 4.83. The molecule has 4 aromatic carbocycles. The Morgan fingerprint density at radius 2 is 1.50 bits per heavy atom. The van der Waals surface area contributed by atoms with Crippen molar-refractivity contribution in [1.29, 1.82) is 0 Å². The number of nitrogens with one attached hydrogen (secondary N) is 1. The lowest BCUT2D eigenvalue weighted by Crippen LogP contribution is -2.14. The molecule has 5 nitrogen and oxygen atoms in total. The van der Waals surface area contributed by atoms with Gasteiger partial charge in [-0.2, -0.15) is 0 Å². The average molecular weight is 393 g/mol. The number of rotatable bonds is 4. The standard InChI is InChI=1S/C22H19NO4S/c1-2-28(26,27)23-19-13-18(22(25)17-10-6-5-9-16(17)19)21-15-8-4-3-7-14(15)11-12-20(21)24/h3-13,23-25H,2H2,1H3. The van der Waals surface area contributed by atoms with Crippen LogP contribution in [0.5, 0.6) is 11.5 Å². The Hall–Kier alpha value is -3.25. The third-order valence-corrected chi connectivity index (χ3v) is 6.13. The van der Waals surface area contributed by atoms with Crippen LogP contribution >= 0.6 is 0 Å². The van der Waals surface area contributed by atoms with Crippen molar-refractivity contribution >= 4 is 37.3 Å². The fourth-order valence-corrected chi connectivity index (χ4v) is 4.07. The molecule has 0 unspecified atom stereocenters. The van der Waals surface area contributed by atoms with Gasteiger partial charge in [-0.3, -0.25) is 4.72 Å². The van der Waals surface area contributed by atoms with Crippen molar-refractivity contribution in [3.05, 3.63) is 66.7 Å². The molecule has 0 fully saturated rings. The molecule has 0 amide bonds. The van der Waals surface area contributed by atoms with E-state index in [0.717, 1.165) is 10.8 Å². The Labute approximate surface area is 162 Å². The highest BCUT2D eigenvalue weighted by Crippen LogP contribution is 2.46. The summed E-state index contributed by atoms with van der Waals surface area (Å²) < 4.78 is 27.0. The summed E-state index contributed by atoms with van der Waals surface area (Å²) in [6.07, 6.45) is 0. The molecule has 0 saturated heterocycles. The number of phenols is 2. The minimum atomic E-state index is -3.52. The van der Waals surface area contributed by atoms with Crippen molar-refractivity contribution < 1.29 is 18.6 Å². The summed E-state index contributed by atoms with van der Waals surface area (Å²) >= 11 is 0. The molecule has 0 radical (unpaired) electrons. The van der Waals surface area contributed by atoms with Gasteiger partial charge in [-0.25, -0.2) is 8.42 Å².